The summed E-state index contributed by atoms with van der Waals surface area (Å²) >= 11 is 0. The lowest BCUT2D eigenvalue weighted by atomic mass is 9.77. The Labute approximate surface area is 286 Å². The third-order valence-corrected chi connectivity index (χ3v) is 9.74. The maximum absolute atomic E-state index is 14.0. The van der Waals surface area contributed by atoms with Crippen molar-refractivity contribution in [2.45, 2.75) is 44.7 Å². The molecular formula is C41H39N7O. The lowest BCUT2D eigenvalue weighted by Gasteiger charge is -2.37. The molecule has 4 heterocycles. The highest BCUT2D eigenvalue weighted by atomic mass is 16.1. The van der Waals surface area contributed by atoms with Gasteiger partial charge in [-0.05, 0) is 74.1 Å². The van der Waals surface area contributed by atoms with E-state index in [1.165, 1.54) is 24.9 Å². The molecule has 0 bridgehead atoms. The van der Waals surface area contributed by atoms with Gasteiger partial charge in [-0.1, -0.05) is 91.0 Å². The Bertz CT molecular complexity index is 2150. The normalized spacial score (nSPS) is 13.7. The monoisotopic (exact) mass is 645 g/mol. The van der Waals surface area contributed by atoms with E-state index in [0.29, 0.717) is 17.2 Å². The summed E-state index contributed by atoms with van der Waals surface area (Å²) in [4.78, 5) is 26.0. The van der Waals surface area contributed by atoms with Crippen LogP contribution < -0.4 is 10.5 Å². The second-order valence-corrected chi connectivity index (χ2v) is 13.0. The van der Waals surface area contributed by atoms with E-state index in [0.717, 1.165) is 35.3 Å². The van der Waals surface area contributed by atoms with E-state index in [2.05, 4.69) is 112 Å². The molecule has 0 atom stereocenters. The molecule has 49 heavy (non-hydrogen) atoms. The molecule has 3 aromatic heterocycles. The van der Waals surface area contributed by atoms with Gasteiger partial charge in [0, 0.05) is 36.6 Å². The van der Waals surface area contributed by atoms with Gasteiger partial charge in [0.25, 0.3) is 5.56 Å². The van der Waals surface area contributed by atoms with Crippen LogP contribution >= 0.6 is 0 Å². The van der Waals surface area contributed by atoms with Gasteiger partial charge < -0.3 is 9.47 Å². The van der Waals surface area contributed by atoms with Crippen LogP contribution in [0.2, 0.25) is 0 Å². The number of hydrogen-bond acceptors (Lipinski definition) is 5. The number of imidazole rings is 2. The van der Waals surface area contributed by atoms with Crippen molar-refractivity contribution in [3.63, 3.8) is 0 Å². The molecular weight excluding hydrogens is 606 g/mol. The number of nitrogens with zero attached hydrogens (tertiary/aromatic N) is 7. The standard InChI is InChI=1S/C41H39N7O/c1-30(2)47-38(31-21-23-35(24-22-31)45-25-13-6-14-26-45)44-48-37(27-42-39(48)40(47)49)36-28-46(29-43-36)41(32-15-7-3-8-16-32,33-17-9-4-10-18-33)34-19-11-5-12-20-34/h3-5,7-12,15-24,27-30H,6,13-14,25-26H2,1-2H3. The summed E-state index contributed by atoms with van der Waals surface area (Å²) in [6, 6.07) is 39.8. The van der Waals surface area contributed by atoms with Crippen molar-refractivity contribution >= 4 is 11.3 Å². The van der Waals surface area contributed by atoms with E-state index in [-0.39, 0.29) is 17.2 Å². The first-order valence-electron chi connectivity index (χ1n) is 17.1. The summed E-state index contributed by atoms with van der Waals surface area (Å²) in [6.07, 6.45) is 9.34. The highest BCUT2D eigenvalue weighted by molar-refractivity contribution is 5.64. The summed E-state index contributed by atoms with van der Waals surface area (Å²) < 4.78 is 5.57. The Hall–Kier alpha value is -5.76. The van der Waals surface area contributed by atoms with Crippen LogP contribution in [0.4, 0.5) is 5.69 Å². The fraction of sp³-hybridized carbons (Fsp3) is 0.220. The number of fused-ring (bicyclic) bond motifs is 1. The molecule has 1 aliphatic rings. The molecule has 244 valence electrons. The Morgan fingerprint density at radius 3 is 1.82 bits per heavy atom. The average molecular weight is 646 g/mol. The van der Waals surface area contributed by atoms with Crippen molar-refractivity contribution in [1.29, 1.82) is 0 Å². The van der Waals surface area contributed by atoms with Crippen molar-refractivity contribution in [2.24, 2.45) is 0 Å². The van der Waals surface area contributed by atoms with E-state index in [4.69, 9.17) is 10.1 Å². The first-order chi connectivity index (χ1) is 24.1. The molecule has 0 spiro atoms. The zero-order valence-electron chi connectivity index (χ0n) is 27.9. The molecule has 1 saturated heterocycles. The van der Waals surface area contributed by atoms with Gasteiger partial charge in [-0.15, -0.1) is 5.10 Å². The SMILES string of the molecule is CC(C)n1c(-c2ccc(N3CCCCC3)cc2)nn2c(-c3cn(C(c4ccccc4)(c4ccccc4)c4ccccc4)cn3)cnc2c1=O. The Morgan fingerprint density at radius 1 is 0.694 bits per heavy atom. The molecule has 0 radical (unpaired) electrons. The van der Waals surface area contributed by atoms with E-state index in [1.807, 2.05) is 44.6 Å². The number of aromatic nitrogens is 6. The van der Waals surface area contributed by atoms with Crippen molar-refractivity contribution in [3.8, 4) is 22.8 Å². The number of benzene rings is 4. The lowest BCUT2D eigenvalue weighted by Crippen LogP contribution is -2.36. The van der Waals surface area contributed by atoms with Gasteiger partial charge in [0.2, 0.25) is 5.65 Å². The summed E-state index contributed by atoms with van der Waals surface area (Å²) in [7, 11) is 0. The molecule has 0 N–H and O–H groups in total. The van der Waals surface area contributed by atoms with Crippen LogP contribution in [0.15, 0.2) is 139 Å². The first-order valence-corrected chi connectivity index (χ1v) is 17.1. The highest BCUT2D eigenvalue weighted by Crippen LogP contribution is 2.41. The van der Waals surface area contributed by atoms with Crippen LogP contribution in [-0.4, -0.2) is 41.8 Å². The maximum atomic E-state index is 14.0. The molecule has 8 rings (SSSR count). The zero-order valence-corrected chi connectivity index (χ0v) is 27.9. The van der Waals surface area contributed by atoms with Gasteiger partial charge in [-0.25, -0.2) is 14.5 Å². The fourth-order valence-electron chi connectivity index (χ4n) is 7.39. The number of hydrogen-bond donors (Lipinski definition) is 0. The highest BCUT2D eigenvalue weighted by Gasteiger charge is 2.38. The number of anilines is 1. The van der Waals surface area contributed by atoms with Gasteiger partial charge in [0.1, 0.15) is 16.9 Å². The van der Waals surface area contributed by atoms with Crippen LogP contribution in [0.3, 0.4) is 0 Å². The van der Waals surface area contributed by atoms with E-state index >= 15 is 0 Å². The molecule has 4 aromatic carbocycles. The first kappa shape index (κ1) is 30.6. The van der Waals surface area contributed by atoms with Crippen LogP contribution in [0.1, 0.15) is 55.8 Å². The molecule has 1 aliphatic heterocycles. The number of rotatable bonds is 8. The largest absolute Gasteiger partial charge is 0.372 e. The van der Waals surface area contributed by atoms with Crippen LogP contribution in [0.25, 0.3) is 28.4 Å². The van der Waals surface area contributed by atoms with Crippen molar-refractivity contribution < 1.29 is 0 Å². The van der Waals surface area contributed by atoms with Crippen LogP contribution in [-0.2, 0) is 5.54 Å². The minimum absolute atomic E-state index is 0.107. The van der Waals surface area contributed by atoms with Crippen molar-refractivity contribution in [3.05, 3.63) is 161 Å². The topological polar surface area (TPSA) is 73.2 Å². The molecule has 8 heteroatoms. The maximum Gasteiger partial charge on any atom is 0.297 e. The summed E-state index contributed by atoms with van der Waals surface area (Å²) in [5, 5.41) is 5.11. The zero-order chi connectivity index (χ0) is 33.4. The molecule has 1 fully saturated rings. The summed E-state index contributed by atoms with van der Waals surface area (Å²) in [6.45, 7) is 6.16. The Morgan fingerprint density at radius 2 is 1.27 bits per heavy atom. The van der Waals surface area contributed by atoms with E-state index in [1.54, 1.807) is 15.3 Å². The Kier molecular flexibility index (Phi) is 7.92. The molecule has 0 aliphatic carbocycles. The Balaban J connectivity index is 1.29. The third-order valence-electron chi connectivity index (χ3n) is 9.74. The predicted octanol–water partition coefficient (Wildman–Crippen LogP) is 7.83. The molecule has 7 aromatic rings. The second-order valence-electron chi connectivity index (χ2n) is 13.0. The van der Waals surface area contributed by atoms with Gasteiger partial charge in [0.05, 0.1) is 12.5 Å². The van der Waals surface area contributed by atoms with Crippen LogP contribution in [0, 0.1) is 0 Å². The van der Waals surface area contributed by atoms with Gasteiger partial charge >= 0.3 is 0 Å². The summed E-state index contributed by atoms with van der Waals surface area (Å²) in [5.74, 6) is 0.601. The second kappa shape index (κ2) is 12.7. The van der Waals surface area contributed by atoms with Gasteiger partial charge in [-0.2, -0.15) is 0 Å². The number of piperidine rings is 1. The average Bonchev–Trinajstić information content (AvgIpc) is 3.82. The molecule has 0 saturated carbocycles. The minimum Gasteiger partial charge on any atom is -0.372 e. The quantitative estimate of drug-likeness (QED) is 0.158. The third kappa shape index (κ3) is 5.24. The van der Waals surface area contributed by atoms with Crippen molar-refractivity contribution in [1.82, 2.24) is 28.7 Å². The van der Waals surface area contributed by atoms with E-state index < -0.39 is 5.54 Å². The molecule has 8 nitrogen and oxygen atoms in total. The predicted molar refractivity (Wildman–Crippen MR) is 195 cm³/mol. The smallest absolute Gasteiger partial charge is 0.297 e. The van der Waals surface area contributed by atoms with Crippen molar-refractivity contribution in [2.75, 3.05) is 18.0 Å². The van der Waals surface area contributed by atoms with Crippen LogP contribution in [0.5, 0.6) is 0 Å². The van der Waals surface area contributed by atoms with Gasteiger partial charge in [0.15, 0.2) is 5.82 Å². The molecule has 0 amide bonds. The fourth-order valence-corrected chi connectivity index (χ4v) is 7.39. The lowest BCUT2D eigenvalue weighted by molar-refractivity contribution is 0.515. The van der Waals surface area contributed by atoms with Gasteiger partial charge in [-0.3, -0.25) is 9.36 Å². The molecule has 0 unspecified atom stereocenters. The minimum atomic E-state index is -0.714. The summed E-state index contributed by atoms with van der Waals surface area (Å²) in [5.41, 5.74) is 6.08. The van der Waals surface area contributed by atoms with E-state index in [9.17, 15) is 4.79 Å².